The number of nitrogens with one attached hydrogen (secondary N) is 1. The van der Waals surface area contributed by atoms with E-state index in [0.29, 0.717) is 12.1 Å². The van der Waals surface area contributed by atoms with Crippen molar-refractivity contribution in [2.24, 2.45) is 0 Å². The first-order valence-electron chi connectivity index (χ1n) is 11.7. The molecule has 1 amide bonds. The maximum atomic E-state index is 13.4. The van der Waals surface area contributed by atoms with Crippen molar-refractivity contribution < 1.29 is 24.2 Å². The zero-order chi connectivity index (χ0) is 23.9. The lowest BCUT2D eigenvalue weighted by atomic mass is 9.86. The van der Waals surface area contributed by atoms with Crippen LogP contribution < -0.4 is 5.32 Å². The number of ether oxygens (including phenoxy) is 2. The van der Waals surface area contributed by atoms with Crippen LogP contribution in [0, 0.1) is 0 Å². The van der Waals surface area contributed by atoms with Crippen molar-refractivity contribution in [3.63, 3.8) is 0 Å². The highest BCUT2D eigenvalue weighted by Gasteiger charge is 2.68. The van der Waals surface area contributed by atoms with E-state index in [4.69, 9.17) is 9.47 Å². The Bertz CT molecular complexity index is 1830. The molecule has 1 fully saturated rings. The molecule has 3 aromatic carbocycles. The van der Waals surface area contributed by atoms with E-state index in [1.165, 1.54) is 7.11 Å². The number of rotatable bonds is 1. The third kappa shape index (κ3) is 1.83. The fraction of sp³-hybridized carbons (Fsp3) is 0.259. The number of hydrogen-bond acceptors (Lipinski definition) is 5. The van der Waals surface area contributed by atoms with Gasteiger partial charge in [-0.15, -0.1) is 0 Å². The van der Waals surface area contributed by atoms with Crippen LogP contribution in [0.15, 0.2) is 48.5 Å². The molecular weight excluding hydrogens is 446 g/mol. The Hall–Kier alpha value is -3.88. The van der Waals surface area contributed by atoms with Gasteiger partial charge in [-0.1, -0.05) is 36.4 Å². The molecule has 8 heteroatoms. The summed E-state index contributed by atoms with van der Waals surface area (Å²) in [5, 5.41) is 19.0. The minimum absolute atomic E-state index is 0.104. The van der Waals surface area contributed by atoms with Crippen molar-refractivity contribution >= 4 is 55.5 Å². The highest BCUT2D eigenvalue weighted by Crippen LogP contribution is 2.57. The zero-order valence-electron chi connectivity index (χ0n) is 19.1. The average molecular weight is 467 g/mol. The first-order chi connectivity index (χ1) is 16.9. The lowest BCUT2D eigenvalue weighted by molar-refractivity contribution is -0.199. The summed E-state index contributed by atoms with van der Waals surface area (Å²) in [6.45, 7) is 2.27. The van der Waals surface area contributed by atoms with Crippen molar-refractivity contribution in [2.75, 3.05) is 13.7 Å². The Labute approximate surface area is 198 Å². The Balaban J connectivity index is 1.77. The fourth-order valence-electron chi connectivity index (χ4n) is 7.00. The van der Waals surface area contributed by atoms with E-state index in [2.05, 4.69) is 5.32 Å². The maximum absolute atomic E-state index is 13.4. The summed E-state index contributed by atoms with van der Waals surface area (Å²) >= 11 is 0. The third-order valence-electron chi connectivity index (χ3n) is 8.46. The van der Waals surface area contributed by atoms with E-state index in [1.807, 2.05) is 57.7 Å². The summed E-state index contributed by atoms with van der Waals surface area (Å²) in [6.07, 6.45) is 0. The molecule has 3 aliphatic heterocycles. The largest absolute Gasteiger partial charge is 0.467 e. The number of fused-ring (bicyclic) bond motifs is 13. The monoisotopic (exact) mass is 467 g/mol. The second-order valence-electron chi connectivity index (χ2n) is 9.79. The molecule has 35 heavy (non-hydrogen) atoms. The van der Waals surface area contributed by atoms with Gasteiger partial charge >= 0.3 is 5.97 Å². The predicted octanol–water partition coefficient (Wildman–Crippen LogP) is 3.31. The van der Waals surface area contributed by atoms with Gasteiger partial charge in [-0.3, -0.25) is 4.79 Å². The molecule has 1 saturated heterocycles. The molecule has 8 rings (SSSR count). The number of carbonyl (C=O) groups is 2. The number of hydrogen-bond donors (Lipinski definition) is 2. The smallest absolute Gasteiger partial charge is 0.345 e. The van der Waals surface area contributed by atoms with Crippen molar-refractivity contribution in [2.45, 2.75) is 30.8 Å². The van der Waals surface area contributed by atoms with Gasteiger partial charge in [0, 0.05) is 33.6 Å². The van der Waals surface area contributed by atoms with Gasteiger partial charge < -0.3 is 29.0 Å². The summed E-state index contributed by atoms with van der Waals surface area (Å²) in [7, 11) is 1.28. The molecule has 3 atom stereocenters. The van der Waals surface area contributed by atoms with Gasteiger partial charge in [0.05, 0.1) is 35.8 Å². The molecule has 0 spiro atoms. The number of carbonyl (C=O) groups excluding carboxylic acids is 2. The van der Waals surface area contributed by atoms with Gasteiger partial charge in [-0.05, 0) is 24.6 Å². The number of esters is 1. The zero-order valence-corrected chi connectivity index (χ0v) is 19.1. The van der Waals surface area contributed by atoms with Crippen LogP contribution in [0.4, 0.5) is 0 Å². The molecule has 5 aromatic rings. The van der Waals surface area contributed by atoms with Crippen LogP contribution in [0.25, 0.3) is 43.6 Å². The number of aliphatic hydroxyl groups is 1. The van der Waals surface area contributed by atoms with Gasteiger partial charge in [0.1, 0.15) is 6.04 Å². The van der Waals surface area contributed by atoms with Gasteiger partial charge in [0.2, 0.25) is 5.60 Å². The number of methoxy groups -OCH3 is 1. The van der Waals surface area contributed by atoms with Crippen molar-refractivity contribution in [1.29, 1.82) is 0 Å². The number of para-hydroxylation sites is 2. The van der Waals surface area contributed by atoms with Gasteiger partial charge in [0.25, 0.3) is 5.91 Å². The highest BCUT2D eigenvalue weighted by molar-refractivity contribution is 6.31. The lowest BCUT2D eigenvalue weighted by Crippen LogP contribution is -2.59. The van der Waals surface area contributed by atoms with Crippen LogP contribution >= 0.6 is 0 Å². The SMILES string of the molecule is COC(=O)[C@]1(O)C2CO[C@@]1(C)n1c3ccccc3c3c4c(c5c6ccccc6n2c5c31)C(=O)NC4. The number of amides is 1. The normalized spacial score (nSPS) is 26.7. The highest BCUT2D eigenvalue weighted by atomic mass is 16.6. The Morgan fingerprint density at radius 3 is 2.51 bits per heavy atom. The van der Waals surface area contributed by atoms with E-state index in [0.717, 1.165) is 49.2 Å². The Morgan fingerprint density at radius 1 is 1.09 bits per heavy atom. The minimum Gasteiger partial charge on any atom is -0.467 e. The van der Waals surface area contributed by atoms with Crippen LogP contribution in [0.5, 0.6) is 0 Å². The first-order valence-corrected chi connectivity index (χ1v) is 11.7. The third-order valence-corrected chi connectivity index (χ3v) is 8.46. The van der Waals surface area contributed by atoms with Gasteiger partial charge in [-0.2, -0.15) is 0 Å². The first kappa shape index (κ1) is 19.4. The molecule has 5 heterocycles. The van der Waals surface area contributed by atoms with E-state index < -0.39 is 23.3 Å². The standard InChI is InChI=1S/C27H21N3O5/c1-26-27(33,25(32)34-2)18(12-35-26)29-16-9-5-3-7-13(16)20-21-15(11-28-24(21)31)19-14-8-4-6-10-17(14)30(26)23(19)22(20)29/h3-10,18,33H,11-12H2,1-2H3,(H,28,31)/t18?,26-,27-/m1/s1. The van der Waals surface area contributed by atoms with Crippen LogP contribution in [-0.4, -0.2) is 45.4 Å². The van der Waals surface area contributed by atoms with E-state index in [9.17, 15) is 14.7 Å². The molecule has 0 aliphatic carbocycles. The summed E-state index contributed by atoms with van der Waals surface area (Å²) in [5.74, 6) is -0.862. The second-order valence-corrected chi connectivity index (χ2v) is 9.79. The van der Waals surface area contributed by atoms with Crippen molar-refractivity contribution in [3.05, 3.63) is 59.7 Å². The molecule has 2 bridgehead atoms. The van der Waals surface area contributed by atoms with Crippen LogP contribution in [0.1, 0.15) is 28.9 Å². The maximum Gasteiger partial charge on any atom is 0.345 e. The molecule has 3 aliphatic rings. The Morgan fingerprint density at radius 2 is 1.77 bits per heavy atom. The molecule has 0 radical (unpaired) electrons. The molecular formula is C27H21N3O5. The average Bonchev–Trinajstić information content (AvgIpc) is 3.57. The molecule has 2 N–H and O–H groups in total. The fourth-order valence-corrected chi connectivity index (χ4v) is 7.00. The van der Waals surface area contributed by atoms with Crippen LogP contribution in [0.3, 0.4) is 0 Å². The van der Waals surface area contributed by atoms with Crippen molar-refractivity contribution in [3.8, 4) is 0 Å². The summed E-state index contributed by atoms with van der Waals surface area (Å²) < 4.78 is 15.6. The van der Waals surface area contributed by atoms with Crippen LogP contribution in [0.2, 0.25) is 0 Å². The molecule has 2 aromatic heterocycles. The van der Waals surface area contributed by atoms with Crippen molar-refractivity contribution in [1.82, 2.24) is 14.5 Å². The summed E-state index contributed by atoms with van der Waals surface area (Å²) in [6, 6.07) is 14.9. The molecule has 0 saturated carbocycles. The van der Waals surface area contributed by atoms with E-state index in [1.54, 1.807) is 6.92 Å². The van der Waals surface area contributed by atoms with Crippen LogP contribution in [-0.2, 0) is 26.5 Å². The van der Waals surface area contributed by atoms with E-state index >= 15 is 0 Å². The van der Waals surface area contributed by atoms with Gasteiger partial charge in [0.15, 0.2) is 5.72 Å². The summed E-state index contributed by atoms with van der Waals surface area (Å²) in [4.78, 5) is 26.7. The summed E-state index contributed by atoms with van der Waals surface area (Å²) in [5.41, 5.74) is 1.46. The molecule has 1 unspecified atom stereocenters. The number of benzene rings is 3. The van der Waals surface area contributed by atoms with E-state index in [-0.39, 0.29) is 12.5 Å². The minimum atomic E-state index is -2.02. The number of aromatic nitrogens is 2. The molecule has 8 nitrogen and oxygen atoms in total. The Kier molecular flexibility index (Phi) is 3.24. The lowest BCUT2D eigenvalue weighted by Gasteiger charge is -2.38. The quantitative estimate of drug-likeness (QED) is 0.369. The molecule has 174 valence electrons. The number of nitrogens with zero attached hydrogens (tertiary/aromatic N) is 2. The topological polar surface area (TPSA) is 94.7 Å². The predicted molar refractivity (Wildman–Crippen MR) is 129 cm³/mol. The second kappa shape index (κ2) is 5.84. The van der Waals surface area contributed by atoms with Gasteiger partial charge in [-0.25, -0.2) is 4.79 Å².